The zero-order valence-electron chi connectivity index (χ0n) is 16.4. The molecule has 2 aliphatic heterocycles. The Kier molecular flexibility index (Phi) is 7.11. The largest absolute Gasteiger partial charge is 0.367 e. The maximum atomic E-state index is 11.7. The van der Waals surface area contributed by atoms with Crippen molar-refractivity contribution >= 4 is 45.5 Å². The van der Waals surface area contributed by atoms with Gasteiger partial charge in [-0.1, -0.05) is 0 Å². The Morgan fingerprint density at radius 1 is 1.25 bits per heavy atom. The van der Waals surface area contributed by atoms with Crippen LogP contribution in [-0.4, -0.2) is 67.4 Å². The summed E-state index contributed by atoms with van der Waals surface area (Å²) in [6.07, 6.45) is 9.32. The average Bonchev–Trinajstić information content (AvgIpc) is 3.22. The Morgan fingerprint density at radius 3 is 2.68 bits per heavy atom. The Balaban J connectivity index is 0.00000225. The first-order chi connectivity index (χ1) is 13.0. The summed E-state index contributed by atoms with van der Waals surface area (Å²) in [6.45, 7) is 2.56. The number of hydrogen-bond acceptors (Lipinski definition) is 5. The van der Waals surface area contributed by atoms with Gasteiger partial charge < -0.3 is 15.5 Å². The minimum absolute atomic E-state index is 0. The van der Waals surface area contributed by atoms with E-state index in [9.17, 15) is 8.42 Å². The van der Waals surface area contributed by atoms with Gasteiger partial charge in [0.05, 0.1) is 23.4 Å². The van der Waals surface area contributed by atoms with Gasteiger partial charge in [-0.2, -0.15) is 5.10 Å². The van der Waals surface area contributed by atoms with Crippen molar-refractivity contribution in [1.82, 2.24) is 20.4 Å². The minimum Gasteiger partial charge on any atom is -0.367 e. The van der Waals surface area contributed by atoms with E-state index in [0.29, 0.717) is 24.4 Å². The predicted molar refractivity (Wildman–Crippen MR) is 122 cm³/mol. The highest BCUT2D eigenvalue weighted by molar-refractivity contribution is 14.0. The maximum Gasteiger partial charge on any atom is 0.191 e. The number of anilines is 1. The molecule has 8 nitrogen and oxygen atoms in total. The summed E-state index contributed by atoms with van der Waals surface area (Å²) in [6, 6.07) is 0.845. The van der Waals surface area contributed by atoms with Crippen molar-refractivity contribution in [3.05, 3.63) is 12.4 Å². The van der Waals surface area contributed by atoms with Gasteiger partial charge in [0.2, 0.25) is 0 Å². The summed E-state index contributed by atoms with van der Waals surface area (Å²) in [5.74, 6) is 1.60. The molecular weight excluding hydrogens is 491 g/mol. The van der Waals surface area contributed by atoms with Crippen molar-refractivity contribution in [2.45, 2.75) is 44.2 Å². The fourth-order valence-corrected chi connectivity index (χ4v) is 5.73. The number of nitrogens with zero attached hydrogens (tertiary/aromatic N) is 4. The Labute approximate surface area is 184 Å². The zero-order chi connectivity index (χ0) is 18.9. The maximum absolute atomic E-state index is 11.7. The van der Waals surface area contributed by atoms with E-state index in [1.807, 2.05) is 17.9 Å². The number of aliphatic imine (C=N–C) groups is 1. The Hall–Kier alpha value is -1.04. The molecule has 0 aromatic carbocycles. The highest BCUT2D eigenvalue weighted by Crippen LogP contribution is 2.21. The van der Waals surface area contributed by atoms with Gasteiger partial charge in [0.15, 0.2) is 15.8 Å². The normalized spacial score (nSPS) is 27.3. The van der Waals surface area contributed by atoms with Gasteiger partial charge in [-0.05, 0) is 38.0 Å². The minimum atomic E-state index is -2.84. The first kappa shape index (κ1) is 21.7. The van der Waals surface area contributed by atoms with Crippen molar-refractivity contribution in [3.63, 3.8) is 0 Å². The molecule has 10 heteroatoms. The highest BCUT2D eigenvalue weighted by Gasteiger charge is 2.29. The van der Waals surface area contributed by atoms with E-state index >= 15 is 0 Å². The van der Waals surface area contributed by atoms with Crippen LogP contribution in [0.25, 0.3) is 0 Å². The lowest BCUT2D eigenvalue weighted by molar-refractivity contribution is 0.466. The van der Waals surface area contributed by atoms with Crippen LogP contribution in [0.5, 0.6) is 0 Å². The van der Waals surface area contributed by atoms with E-state index in [1.54, 1.807) is 0 Å². The van der Waals surface area contributed by atoms with E-state index in [4.69, 9.17) is 4.99 Å². The molecule has 1 saturated carbocycles. The Morgan fingerprint density at radius 2 is 2.04 bits per heavy atom. The number of hydrogen-bond donors (Lipinski definition) is 2. The number of rotatable bonds is 5. The molecule has 1 aromatic heterocycles. The van der Waals surface area contributed by atoms with Crippen LogP contribution >= 0.6 is 24.0 Å². The van der Waals surface area contributed by atoms with Crippen molar-refractivity contribution in [3.8, 4) is 0 Å². The molecule has 2 atom stereocenters. The van der Waals surface area contributed by atoms with E-state index < -0.39 is 9.84 Å². The topological polar surface area (TPSA) is 91.6 Å². The van der Waals surface area contributed by atoms with Crippen LogP contribution in [0, 0.1) is 5.92 Å². The van der Waals surface area contributed by atoms with Gasteiger partial charge in [-0.15, -0.1) is 24.0 Å². The molecule has 28 heavy (non-hydrogen) atoms. The first-order valence-corrected chi connectivity index (χ1v) is 11.8. The average molecular weight is 522 g/mol. The molecule has 3 heterocycles. The second-order valence-electron chi connectivity index (χ2n) is 8.18. The van der Waals surface area contributed by atoms with Crippen molar-refractivity contribution in [2.24, 2.45) is 18.0 Å². The predicted octanol–water partition coefficient (Wildman–Crippen LogP) is 1.14. The Bertz CT molecular complexity index is 792. The summed E-state index contributed by atoms with van der Waals surface area (Å²) < 4.78 is 25.2. The number of halogens is 1. The van der Waals surface area contributed by atoms with Crippen molar-refractivity contribution < 1.29 is 8.42 Å². The molecule has 0 radical (unpaired) electrons. The quantitative estimate of drug-likeness (QED) is 0.343. The third-order valence-corrected chi connectivity index (χ3v) is 7.41. The molecule has 3 aliphatic rings. The van der Waals surface area contributed by atoms with Gasteiger partial charge in [-0.3, -0.25) is 9.67 Å². The smallest absolute Gasteiger partial charge is 0.191 e. The number of aryl methyl sites for hydroxylation is 1. The van der Waals surface area contributed by atoms with Gasteiger partial charge in [0.25, 0.3) is 0 Å². The molecule has 0 amide bonds. The SMILES string of the molecule is Cn1cc(N2CCCC(NC(=NCC3CCS(=O)(=O)C3)NC3CC3)C2)cn1.I. The number of nitrogens with one attached hydrogen (secondary N) is 2. The fourth-order valence-electron chi connectivity index (χ4n) is 3.88. The van der Waals surface area contributed by atoms with Crippen LogP contribution in [0.15, 0.2) is 17.4 Å². The van der Waals surface area contributed by atoms with Gasteiger partial charge >= 0.3 is 0 Å². The van der Waals surface area contributed by atoms with E-state index in [2.05, 4.69) is 26.8 Å². The number of piperidine rings is 1. The summed E-state index contributed by atoms with van der Waals surface area (Å²) in [5.41, 5.74) is 1.16. The lowest BCUT2D eigenvalue weighted by Crippen LogP contribution is -2.51. The number of sulfone groups is 1. The molecule has 2 N–H and O–H groups in total. The van der Waals surface area contributed by atoms with Crippen LogP contribution in [0.4, 0.5) is 5.69 Å². The molecule has 0 spiro atoms. The molecular formula is C18H31IN6O2S. The monoisotopic (exact) mass is 522 g/mol. The van der Waals surface area contributed by atoms with Crippen LogP contribution in [0.2, 0.25) is 0 Å². The van der Waals surface area contributed by atoms with Crippen LogP contribution in [-0.2, 0) is 16.9 Å². The highest BCUT2D eigenvalue weighted by atomic mass is 127. The fraction of sp³-hybridized carbons (Fsp3) is 0.778. The molecule has 1 aromatic rings. The second-order valence-corrected chi connectivity index (χ2v) is 10.4. The molecule has 2 saturated heterocycles. The van der Waals surface area contributed by atoms with Gasteiger partial charge in [0.1, 0.15) is 0 Å². The molecule has 158 valence electrons. The summed E-state index contributed by atoms with van der Waals surface area (Å²) in [5, 5.41) is 11.4. The number of aromatic nitrogens is 2. The summed E-state index contributed by atoms with van der Waals surface area (Å²) in [4.78, 5) is 7.11. The van der Waals surface area contributed by atoms with E-state index in [0.717, 1.165) is 44.0 Å². The third kappa shape index (κ3) is 5.98. The second kappa shape index (κ2) is 9.19. The van der Waals surface area contributed by atoms with Crippen molar-refractivity contribution in [1.29, 1.82) is 0 Å². The van der Waals surface area contributed by atoms with Gasteiger partial charge in [-0.25, -0.2) is 8.42 Å². The molecule has 0 bridgehead atoms. The molecule has 1 aliphatic carbocycles. The first-order valence-electron chi connectivity index (χ1n) is 9.98. The number of guanidine groups is 1. The van der Waals surface area contributed by atoms with Crippen molar-refractivity contribution in [2.75, 3.05) is 36.0 Å². The summed E-state index contributed by atoms with van der Waals surface area (Å²) in [7, 11) is -0.901. The van der Waals surface area contributed by atoms with E-state index in [-0.39, 0.29) is 35.6 Å². The van der Waals surface area contributed by atoms with Crippen LogP contribution in [0.1, 0.15) is 32.1 Å². The zero-order valence-corrected chi connectivity index (χ0v) is 19.5. The van der Waals surface area contributed by atoms with Gasteiger partial charge in [0, 0.05) is 45.0 Å². The summed E-state index contributed by atoms with van der Waals surface area (Å²) >= 11 is 0. The standard InChI is InChI=1S/C18H30N6O2S.HI/c1-23-12-17(10-20-23)24-7-2-3-16(11-24)22-18(21-15-4-5-15)19-9-14-6-8-27(25,26)13-14;/h10,12,14-16H,2-9,11,13H2,1H3,(H2,19,21,22);1H. The van der Waals surface area contributed by atoms with E-state index in [1.165, 1.54) is 12.8 Å². The van der Waals surface area contributed by atoms with Crippen LogP contribution in [0.3, 0.4) is 0 Å². The van der Waals surface area contributed by atoms with Crippen LogP contribution < -0.4 is 15.5 Å². The molecule has 2 unspecified atom stereocenters. The molecule has 3 fully saturated rings. The lowest BCUT2D eigenvalue weighted by Gasteiger charge is -2.34. The lowest BCUT2D eigenvalue weighted by atomic mass is 10.1. The third-order valence-electron chi connectivity index (χ3n) is 5.57. The molecule has 4 rings (SSSR count).